The average molecular weight is 492 g/mol. The summed E-state index contributed by atoms with van der Waals surface area (Å²) in [6, 6.07) is 1.99. The lowest BCUT2D eigenvalue weighted by molar-refractivity contribution is -0.0658. The molecule has 0 aromatic carbocycles. The first-order chi connectivity index (χ1) is 15.1. The highest BCUT2D eigenvalue weighted by Crippen LogP contribution is 2.39. The number of hydrogen-bond donors (Lipinski definition) is 4. The van der Waals surface area contributed by atoms with E-state index in [1.54, 1.807) is 4.90 Å². The van der Waals surface area contributed by atoms with Crippen LogP contribution in [0.15, 0.2) is 6.20 Å². The van der Waals surface area contributed by atoms with E-state index in [9.17, 15) is 24.4 Å². The van der Waals surface area contributed by atoms with Gasteiger partial charge in [-0.15, -0.1) is 0 Å². The van der Waals surface area contributed by atoms with Crippen LogP contribution in [0.5, 0.6) is 0 Å². The smallest absolute Gasteiger partial charge is 0.350 e. The molecular weight excluding hydrogens is 472 g/mol. The summed E-state index contributed by atoms with van der Waals surface area (Å²) in [5, 5.41) is 34.8. The summed E-state index contributed by atoms with van der Waals surface area (Å²) < 4.78 is 36.5. The molecule has 0 bridgehead atoms. The molecule has 32 heavy (non-hydrogen) atoms. The van der Waals surface area contributed by atoms with Gasteiger partial charge in [-0.1, -0.05) is 11.6 Å². The van der Waals surface area contributed by atoms with Crippen LogP contribution in [-0.4, -0.2) is 85.3 Å². The van der Waals surface area contributed by atoms with Crippen molar-refractivity contribution in [1.29, 1.82) is 5.26 Å². The van der Waals surface area contributed by atoms with Gasteiger partial charge in [-0.25, -0.2) is 14.1 Å². The Hall–Kier alpha value is -1.88. The second kappa shape index (κ2) is 8.81. The van der Waals surface area contributed by atoms with Crippen LogP contribution in [0.1, 0.15) is 18.2 Å². The quantitative estimate of drug-likeness (QED) is 0.322. The third-order valence-corrected chi connectivity index (χ3v) is 6.14. The Morgan fingerprint density at radius 2 is 2.16 bits per heavy atom. The molecule has 0 spiro atoms. The molecule has 0 radical (unpaired) electrons. The van der Waals surface area contributed by atoms with Crippen molar-refractivity contribution in [1.82, 2.24) is 14.8 Å². The van der Waals surface area contributed by atoms with E-state index in [0.29, 0.717) is 24.0 Å². The van der Waals surface area contributed by atoms with Gasteiger partial charge in [0.2, 0.25) is 0 Å². The van der Waals surface area contributed by atoms with Gasteiger partial charge in [-0.05, 0) is 6.42 Å². The Labute approximate surface area is 185 Å². The molecule has 4 heterocycles. The number of alkyl halides is 1. The molecule has 0 unspecified atom stereocenters. The van der Waals surface area contributed by atoms with Gasteiger partial charge >= 0.3 is 7.60 Å². The van der Waals surface area contributed by atoms with Gasteiger partial charge in [0.05, 0.1) is 23.9 Å². The average Bonchev–Trinajstić information content (AvgIpc) is 3.40. The monoisotopic (exact) mass is 491 g/mol. The molecule has 174 valence electrons. The van der Waals surface area contributed by atoms with Crippen molar-refractivity contribution < 1.29 is 38.4 Å². The van der Waals surface area contributed by atoms with Crippen molar-refractivity contribution in [2.75, 3.05) is 30.9 Å². The number of aliphatic hydroxyl groups excluding tert-OH is 2. The third-order valence-electron chi connectivity index (χ3n) is 5.35. The SMILES string of the molecule is N#Cc1c(Cl)nc2c(cnn2[C@@H]2O[C@H](COCP(=O)(O)O)[C@@H](O)[C@H]2O)c1N1CC[C@H](F)C1. The lowest BCUT2D eigenvalue weighted by Crippen LogP contribution is -2.34. The van der Waals surface area contributed by atoms with E-state index in [1.807, 2.05) is 6.07 Å². The van der Waals surface area contributed by atoms with E-state index in [4.69, 9.17) is 30.9 Å². The molecule has 2 aromatic rings. The summed E-state index contributed by atoms with van der Waals surface area (Å²) in [6.07, 6.45) is -5.45. The lowest BCUT2D eigenvalue weighted by atomic mass is 10.1. The fourth-order valence-electron chi connectivity index (χ4n) is 3.91. The highest BCUT2D eigenvalue weighted by Gasteiger charge is 2.45. The number of nitriles is 1. The third kappa shape index (κ3) is 4.33. The molecule has 0 amide bonds. The summed E-state index contributed by atoms with van der Waals surface area (Å²) in [5.74, 6) is 0. The number of pyridine rings is 1. The number of rotatable bonds is 6. The zero-order chi connectivity index (χ0) is 23.2. The first-order valence-electron chi connectivity index (χ1n) is 9.60. The number of hydrogen-bond acceptors (Lipinski definition) is 9. The van der Waals surface area contributed by atoms with Crippen LogP contribution in [0, 0.1) is 11.3 Å². The van der Waals surface area contributed by atoms with Crippen LogP contribution in [0.4, 0.5) is 10.1 Å². The van der Waals surface area contributed by atoms with Gasteiger partial charge < -0.3 is 34.4 Å². The van der Waals surface area contributed by atoms with Crippen molar-refractivity contribution in [2.45, 2.75) is 37.1 Å². The molecule has 0 aliphatic carbocycles. The summed E-state index contributed by atoms with van der Waals surface area (Å²) >= 11 is 6.22. The maximum atomic E-state index is 13.8. The first-order valence-corrected chi connectivity index (χ1v) is 11.8. The van der Waals surface area contributed by atoms with Crippen molar-refractivity contribution >= 4 is 35.9 Å². The van der Waals surface area contributed by atoms with Crippen LogP contribution in [0.25, 0.3) is 11.0 Å². The van der Waals surface area contributed by atoms with Crippen LogP contribution in [0.2, 0.25) is 5.15 Å². The minimum atomic E-state index is -4.41. The van der Waals surface area contributed by atoms with Gasteiger partial charge in [0, 0.05) is 13.1 Å². The van der Waals surface area contributed by atoms with Gasteiger partial charge in [0.15, 0.2) is 17.0 Å². The van der Waals surface area contributed by atoms with Crippen LogP contribution in [0.3, 0.4) is 0 Å². The largest absolute Gasteiger partial charge is 0.387 e. The summed E-state index contributed by atoms with van der Waals surface area (Å²) in [5.41, 5.74) is 0.604. The molecule has 2 aromatic heterocycles. The topological polar surface area (TPSA) is 174 Å². The van der Waals surface area contributed by atoms with E-state index in [2.05, 4.69) is 10.1 Å². The van der Waals surface area contributed by atoms with Gasteiger partial charge in [-0.2, -0.15) is 10.4 Å². The number of ether oxygens (including phenoxy) is 2. The van der Waals surface area contributed by atoms with E-state index < -0.39 is 44.7 Å². The molecule has 2 aliphatic rings. The van der Waals surface area contributed by atoms with Gasteiger partial charge in [-0.3, -0.25) is 4.57 Å². The van der Waals surface area contributed by atoms with Crippen molar-refractivity contribution in [3.63, 3.8) is 0 Å². The zero-order valence-electron chi connectivity index (χ0n) is 16.5. The molecule has 4 N–H and O–H groups in total. The number of halogens is 2. The highest BCUT2D eigenvalue weighted by molar-refractivity contribution is 7.51. The normalized spacial score (nSPS) is 28.5. The van der Waals surface area contributed by atoms with Crippen molar-refractivity contribution in [3.05, 3.63) is 16.9 Å². The Morgan fingerprint density at radius 1 is 1.41 bits per heavy atom. The lowest BCUT2D eigenvalue weighted by Gasteiger charge is -2.21. The molecule has 0 saturated carbocycles. The predicted molar refractivity (Wildman–Crippen MR) is 108 cm³/mol. The molecule has 15 heteroatoms. The second-order valence-electron chi connectivity index (χ2n) is 7.61. The van der Waals surface area contributed by atoms with Gasteiger partial charge in [0.1, 0.15) is 42.5 Å². The number of nitrogens with zero attached hydrogens (tertiary/aromatic N) is 5. The summed E-state index contributed by atoms with van der Waals surface area (Å²) in [6.45, 7) is 0.0645. The zero-order valence-corrected chi connectivity index (χ0v) is 18.1. The van der Waals surface area contributed by atoms with Gasteiger partial charge in [0.25, 0.3) is 0 Å². The maximum absolute atomic E-state index is 13.8. The molecule has 5 atom stereocenters. The van der Waals surface area contributed by atoms with E-state index in [0.717, 1.165) is 0 Å². The summed E-state index contributed by atoms with van der Waals surface area (Å²) in [7, 11) is -4.41. The Kier molecular flexibility index (Phi) is 6.41. The van der Waals surface area contributed by atoms with Crippen molar-refractivity contribution in [3.8, 4) is 6.07 Å². The summed E-state index contributed by atoms with van der Waals surface area (Å²) in [4.78, 5) is 23.6. The van der Waals surface area contributed by atoms with E-state index in [-0.39, 0.29) is 29.5 Å². The number of aromatic nitrogens is 3. The second-order valence-corrected chi connectivity index (χ2v) is 9.55. The number of fused-ring (bicyclic) bond motifs is 1. The molecular formula is C17H20ClFN5O7P. The Balaban J connectivity index is 1.66. The van der Waals surface area contributed by atoms with E-state index >= 15 is 0 Å². The Morgan fingerprint density at radius 3 is 2.78 bits per heavy atom. The molecule has 2 fully saturated rings. The van der Waals surface area contributed by atoms with E-state index in [1.165, 1.54) is 10.9 Å². The minimum Gasteiger partial charge on any atom is -0.387 e. The predicted octanol–water partition coefficient (Wildman–Crippen LogP) is 0.276. The Bertz CT molecular complexity index is 1110. The van der Waals surface area contributed by atoms with Crippen LogP contribution >= 0.6 is 19.2 Å². The van der Waals surface area contributed by atoms with Crippen LogP contribution in [-0.2, 0) is 14.0 Å². The number of aliphatic hydroxyl groups is 2. The van der Waals surface area contributed by atoms with Crippen molar-refractivity contribution in [2.24, 2.45) is 0 Å². The highest BCUT2D eigenvalue weighted by atomic mass is 35.5. The molecule has 12 nitrogen and oxygen atoms in total. The molecule has 4 rings (SSSR count). The number of anilines is 1. The first kappa shape index (κ1) is 23.3. The maximum Gasteiger partial charge on any atom is 0.350 e. The fraction of sp³-hybridized carbons (Fsp3) is 0.588. The molecule has 2 aliphatic heterocycles. The standard InChI is InChI=1S/C17H20ClFN5O7P/c18-15-9(3-20)12(23-2-1-8(19)5-23)10-4-21-24(16(10)22-15)17-14(26)13(25)11(31-17)6-30-7-32(27,28)29/h4,8,11,13-14,17,25-26H,1-2,5-7H2,(H2,27,28,29)/t8-,11+,13+,14+,17+/m0/s1. The minimum absolute atomic E-state index is 0.0736. The molecule has 2 saturated heterocycles. The fourth-order valence-corrected chi connectivity index (χ4v) is 4.46. The van der Waals surface area contributed by atoms with Crippen LogP contribution < -0.4 is 4.90 Å².